The molecule has 4 aromatic rings. The molecule has 1 unspecified atom stereocenters. The van der Waals surface area contributed by atoms with Crippen molar-refractivity contribution in [2.24, 2.45) is 12.5 Å². The predicted molar refractivity (Wildman–Crippen MR) is 185 cm³/mol. The Balaban J connectivity index is 1.02. The van der Waals surface area contributed by atoms with E-state index in [0.717, 1.165) is 94.5 Å². The number of anilines is 2. The van der Waals surface area contributed by atoms with E-state index in [1.54, 1.807) is 24.1 Å². The number of fused-ring (bicyclic) bond motifs is 1. The van der Waals surface area contributed by atoms with Gasteiger partial charge in [0.2, 0.25) is 5.95 Å². The van der Waals surface area contributed by atoms with Crippen LogP contribution in [0.25, 0.3) is 22.4 Å². The van der Waals surface area contributed by atoms with Gasteiger partial charge in [0.25, 0.3) is 11.5 Å². The minimum Gasteiger partial charge on any atom is -0.493 e. The van der Waals surface area contributed by atoms with Crippen LogP contribution in [0.15, 0.2) is 35.4 Å². The van der Waals surface area contributed by atoms with Gasteiger partial charge in [-0.2, -0.15) is 5.10 Å². The molecule has 1 amide bonds. The monoisotopic (exact) mass is 671 g/mol. The highest BCUT2D eigenvalue weighted by Crippen LogP contribution is 2.43. The minimum absolute atomic E-state index is 0.184. The highest BCUT2D eigenvalue weighted by molar-refractivity contribution is 5.92. The van der Waals surface area contributed by atoms with Crippen molar-refractivity contribution in [3.05, 3.63) is 52.2 Å². The number of carbonyl (C=O) groups is 1. The van der Waals surface area contributed by atoms with Crippen LogP contribution in [0.5, 0.6) is 5.75 Å². The van der Waals surface area contributed by atoms with Gasteiger partial charge in [0.1, 0.15) is 17.1 Å². The zero-order valence-electron chi connectivity index (χ0n) is 28.5. The summed E-state index contributed by atoms with van der Waals surface area (Å²) in [6.07, 6.45) is 10.2. The van der Waals surface area contributed by atoms with Crippen molar-refractivity contribution in [1.82, 2.24) is 35.2 Å². The van der Waals surface area contributed by atoms with E-state index in [2.05, 4.69) is 54.4 Å². The average Bonchev–Trinajstić information content (AvgIpc) is 3.69. The summed E-state index contributed by atoms with van der Waals surface area (Å²) in [5.41, 5.74) is 6.58. The SMILES string of the molecule is CCCc1nn(C)c2c(=O)[nH]c(-c3cc(N4CCC5(CCN(c6ncc(C(=O)NOC7CCCCO7)cn6)CC5)C4)ccc3OCC)nc12. The maximum atomic E-state index is 13.2. The lowest BCUT2D eigenvalue weighted by Crippen LogP contribution is -2.42. The first-order valence-electron chi connectivity index (χ1n) is 17.5. The van der Waals surface area contributed by atoms with Gasteiger partial charge in [0.15, 0.2) is 11.8 Å². The first kappa shape index (κ1) is 33.0. The Bertz CT molecular complexity index is 1840. The summed E-state index contributed by atoms with van der Waals surface area (Å²) >= 11 is 0. The largest absolute Gasteiger partial charge is 0.493 e. The molecule has 14 heteroatoms. The van der Waals surface area contributed by atoms with E-state index in [4.69, 9.17) is 19.3 Å². The fourth-order valence-corrected chi connectivity index (χ4v) is 7.29. The zero-order valence-corrected chi connectivity index (χ0v) is 28.5. The number of ether oxygens (including phenoxy) is 2. The Hall–Kier alpha value is -4.56. The molecular weight excluding hydrogens is 626 g/mol. The van der Waals surface area contributed by atoms with E-state index < -0.39 is 6.29 Å². The highest BCUT2D eigenvalue weighted by atomic mass is 16.8. The van der Waals surface area contributed by atoms with Crippen LogP contribution in [0.4, 0.5) is 11.6 Å². The molecule has 3 aromatic heterocycles. The number of carbonyl (C=O) groups excluding carboxylic acids is 1. The van der Waals surface area contributed by atoms with Crippen LogP contribution >= 0.6 is 0 Å². The summed E-state index contributed by atoms with van der Waals surface area (Å²) in [6, 6.07) is 6.18. The topological polar surface area (TPSA) is 153 Å². The molecule has 1 spiro atoms. The fraction of sp³-hybridized carbons (Fsp3) is 0.543. The molecule has 14 nitrogen and oxygen atoms in total. The van der Waals surface area contributed by atoms with Gasteiger partial charge < -0.3 is 24.3 Å². The second-order valence-electron chi connectivity index (χ2n) is 13.3. The van der Waals surface area contributed by atoms with Crippen LogP contribution < -0.4 is 25.6 Å². The zero-order chi connectivity index (χ0) is 34.0. The standard InChI is InChI=1S/C35H45N9O5/c1-4-8-26-29-30(42(3)40-26)33(46)39-31(38-29)25-19-24(10-11-27(25)47-5-2)44-17-14-35(22-44)12-15-43(16-13-35)34-36-20-23(21-37-34)32(45)41-49-28-9-6-7-18-48-28/h10-11,19-21,28H,4-9,12-18,22H2,1-3H3,(H,41,45)(H,38,39,46). The van der Waals surface area contributed by atoms with Gasteiger partial charge in [-0.15, -0.1) is 0 Å². The first-order valence-corrected chi connectivity index (χ1v) is 17.5. The van der Waals surface area contributed by atoms with Crippen LogP contribution in [0.2, 0.25) is 0 Å². The Kier molecular flexibility index (Phi) is 9.50. The van der Waals surface area contributed by atoms with Gasteiger partial charge in [-0.05, 0) is 69.1 Å². The molecule has 3 aliphatic heterocycles. The molecule has 0 aliphatic carbocycles. The maximum Gasteiger partial charge on any atom is 0.278 e. The van der Waals surface area contributed by atoms with E-state index in [9.17, 15) is 9.59 Å². The lowest BCUT2D eigenvalue weighted by Gasteiger charge is -2.39. The van der Waals surface area contributed by atoms with Gasteiger partial charge in [-0.1, -0.05) is 13.3 Å². The van der Waals surface area contributed by atoms with Crippen LogP contribution in [0.1, 0.15) is 74.8 Å². The smallest absolute Gasteiger partial charge is 0.278 e. The second kappa shape index (κ2) is 14.1. The molecule has 6 heterocycles. The van der Waals surface area contributed by atoms with Crippen molar-refractivity contribution in [3.63, 3.8) is 0 Å². The molecule has 0 radical (unpaired) electrons. The number of aromatic amines is 1. The van der Waals surface area contributed by atoms with E-state index >= 15 is 0 Å². The molecule has 260 valence electrons. The lowest BCUT2D eigenvalue weighted by molar-refractivity contribution is -0.186. The van der Waals surface area contributed by atoms with Crippen molar-refractivity contribution in [2.75, 3.05) is 49.2 Å². The molecule has 3 aliphatic rings. The van der Waals surface area contributed by atoms with Crippen LogP contribution in [0, 0.1) is 5.41 Å². The highest BCUT2D eigenvalue weighted by Gasteiger charge is 2.41. The Morgan fingerprint density at radius 2 is 1.88 bits per heavy atom. The number of rotatable bonds is 10. The van der Waals surface area contributed by atoms with E-state index in [0.29, 0.717) is 47.3 Å². The number of H-pyrrole nitrogens is 1. The normalized spacial score (nSPS) is 19.1. The van der Waals surface area contributed by atoms with Crippen molar-refractivity contribution >= 4 is 28.6 Å². The predicted octanol–water partition coefficient (Wildman–Crippen LogP) is 4.15. The molecule has 0 saturated carbocycles. The van der Waals surface area contributed by atoms with Gasteiger partial charge in [0.05, 0.1) is 23.4 Å². The van der Waals surface area contributed by atoms with Gasteiger partial charge in [0, 0.05) is 64.3 Å². The number of amides is 1. The number of aromatic nitrogens is 6. The third-order valence-corrected chi connectivity index (χ3v) is 10.00. The minimum atomic E-state index is -0.412. The number of hydrogen-bond donors (Lipinski definition) is 2. The van der Waals surface area contributed by atoms with Crippen molar-refractivity contribution in [3.8, 4) is 17.1 Å². The number of nitrogens with one attached hydrogen (secondary N) is 2. The molecular formula is C35H45N9O5. The summed E-state index contributed by atoms with van der Waals surface area (Å²) in [4.78, 5) is 52.8. The number of hydrogen-bond acceptors (Lipinski definition) is 11. The molecule has 1 aromatic carbocycles. The number of hydroxylamine groups is 1. The third-order valence-electron chi connectivity index (χ3n) is 10.00. The fourth-order valence-electron chi connectivity index (χ4n) is 7.29. The number of piperidine rings is 1. The summed E-state index contributed by atoms with van der Waals surface area (Å²) < 4.78 is 13.1. The molecule has 2 N–H and O–H groups in total. The first-order chi connectivity index (χ1) is 23.9. The molecule has 1 atom stereocenters. The number of nitrogens with zero attached hydrogens (tertiary/aromatic N) is 7. The summed E-state index contributed by atoms with van der Waals surface area (Å²) in [5.74, 6) is 1.42. The molecule has 3 saturated heterocycles. The van der Waals surface area contributed by atoms with E-state index in [1.165, 1.54) is 0 Å². The average molecular weight is 672 g/mol. The van der Waals surface area contributed by atoms with E-state index in [-0.39, 0.29) is 16.9 Å². The Morgan fingerprint density at radius 1 is 1.10 bits per heavy atom. The number of benzene rings is 1. The molecule has 49 heavy (non-hydrogen) atoms. The summed E-state index contributed by atoms with van der Waals surface area (Å²) in [7, 11) is 1.78. The summed E-state index contributed by atoms with van der Waals surface area (Å²) in [6.45, 7) is 8.74. The van der Waals surface area contributed by atoms with E-state index in [1.807, 2.05) is 13.0 Å². The van der Waals surface area contributed by atoms with Gasteiger partial charge in [-0.3, -0.25) is 14.3 Å². The van der Waals surface area contributed by atoms with Crippen LogP contribution in [0.3, 0.4) is 0 Å². The number of aryl methyl sites for hydroxylation is 2. The maximum absolute atomic E-state index is 13.2. The molecule has 7 rings (SSSR count). The summed E-state index contributed by atoms with van der Waals surface area (Å²) in [5, 5.41) is 4.58. The molecule has 0 bridgehead atoms. The second-order valence-corrected chi connectivity index (χ2v) is 13.3. The van der Waals surface area contributed by atoms with Gasteiger partial charge in [-0.25, -0.2) is 25.3 Å². The third kappa shape index (κ3) is 6.84. The van der Waals surface area contributed by atoms with Crippen molar-refractivity contribution in [1.29, 1.82) is 0 Å². The Labute approximate surface area is 285 Å². The van der Waals surface area contributed by atoms with Crippen LogP contribution in [-0.4, -0.2) is 81.3 Å². The quantitative estimate of drug-likeness (QED) is 0.234. The lowest BCUT2D eigenvalue weighted by atomic mass is 9.78. The van der Waals surface area contributed by atoms with Crippen molar-refractivity contribution < 1.29 is 19.1 Å². The van der Waals surface area contributed by atoms with Crippen molar-refractivity contribution in [2.45, 2.75) is 71.5 Å². The molecule has 3 fully saturated rings. The van der Waals surface area contributed by atoms with Gasteiger partial charge >= 0.3 is 0 Å². The Morgan fingerprint density at radius 3 is 2.59 bits per heavy atom. The van der Waals surface area contributed by atoms with Crippen LogP contribution in [-0.2, 0) is 23.0 Å².